The Hall–Kier alpha value is -1.92. The van der Waals surface area contributed by atoms with E-state index in [0.29, 0.717) is 44.4 Å². The number of hydrogen-bond donors (Lipinski definition) is 1. The standard InChI is InChI=1S/C21H25FN2O2S/c22-21(15-23-19-13-18(19)16-5-2-1-3-6-16)8-10-24(11-9-21)20(25)26-14-17-7-4-12-27-17/h1-7,12,18-19,23H,8-11,13-15H2. The highest BCUT2D eigenvalue weighted by Crippen LogP contribution is 2.41. The highest BCUT2D eigenvalue weighted by Gasteiger charge is 2.42. The largest absolute Gasteiger partial charge is 0.444 e. The fourth-order valence-electron chi connectivity index (χ4n) is 3.69. The summed E-state index contributed by atoms with van der Waals surface area (Å²) in [5.41, 5.74) is 0.0835. The minimum Gasteiger partial charge on any atom is -0.444 e. The average molecular weight is 389 g/mol. The lowest BCUT2D eigenvalue weighted by molar-refractivity contribution is 0.0411. The van der Waals surface area contributed by atoms with E-state index in [-0.39, 0.29) is 12.7 Å². The molecule has 1 saturated carbocycles. The van der Waals surface area contributed by atoms with Gasteiger partial charge in [-0.2, -0.15) is 0 Å². The van der Waals surface area contributed by atoms with Crippen LogP contribution in [0.25, 0.3) is 0 Å². The summed E-state index contributed by atoms with van der Waals surface area (Å²) in [6.07, 6.45) is 1.44. The molecule has 2 fully saturated rings. The van der Waals surface area contributed by atoms with Gasteiger partial charge < -0.3 is 15.0 Å². The Balaban J connectivity index is 1.18. The van der Waals surface area contributed by atoms with Gasteiger partial charge >= 0.3 is 6.09 Å². The molecule has 27 heavy (non-hydrogen) atoms. The van der Waals surface area contributed by atoms with E-state index in [0.717, 1.165) is 11.3 Å². The fourth-order valence-corrected chi connectivity index (χ4v) is 4.30. The van der Waals surface area contributed by atoms with Gasteiger partial charge in [0.25, 0.3) is 0 Å². The molecule has 2 aliphatic rings. The molecule has 1 aliphatic carbocycles. The van der Waals surface area contributed by atoms with Crippen molar-refractivity contribution in [3.63, 3.8) is 0 Å². The van der Waals surface area contributed by atoms with Crippen LogP contribution in [0.4, 0.5) is 9.18 Å². The minimum atomic E-state index is -1.24. The van der Waals surface area contributed by atoms with Crippen molar-refractivity contribution in [1.82, 2.24) is 10.2 Å². The van der Waals surface area contributed by atoms with Gasteiger partial charge in [-0.1, -0.05) is 36.4 Å². The van der Waals surface area contributed by atoms with Gasteiger partial charge in [0.1, 0.15) is 12.3 Å². The number of likely N-dealkylation sites (tertiary alicyclic amines) is 1. The van der Waals surface area contributed by atoms with Gasteiger partial charge in [-0.3, -0.25) is 0 Å². The van der Waals surface area contributed by atoms with E-state index in [1.165, 1.54) is 5.56 Å². The van der Waals surface area contributed by atoms with Gasteiger partial charge in [0.05, 0.1) is 0 Å². The molecule has 4 rings (SSSR count). The SMILES string of the molecule is O=C(OCc1cccs1)N1CCC(F)(CNC2CC2c2ccccc2)CC1. The zero-order valence-corrected chi connectivity index (χ0v) is 16.1. The van der Waals surface area contributed by atoms with Gasteiger partial charge in [-0.15, -0.1) is 11.3 Å². The highest BCUT2D eigenvalue weighted by molar-refractivity contribution is 7.09. The van der Waals surface area contributed by atoms with E-state index in [1.807, 2.05) is 23.6 Å². The summed E-state index contributed by atoms with van der Waals surface area (Å²) >= 11 is 1.56. The van der Waals surface area contributed by atoms with Crippen LogP contribution in [0, 0.1) is 0 Å². The van der Waals surface area contributed by atoms with Crippen molar-refractivity contribution < 1.29 is 13.9 Å². The second-order valence-corrected chi connectivity index (χ2v) is 8.54. The van der Waals surface area contributed by atoms with Crippen LogP contribution in [0.1, 0.15) is 35.6 Å². The van der Waals surface area contributed by atoms with E-state index in [9.17, 15) is 4.79 Å². The molecule has 4 nitrogen and oxygen atoms in total. The number of carbonyl (C=O) groups excluding carboxylic acids is 1. The number of halogens is 1. The van der Waals surface area contributed by atoms with Crippen LogP contribution in [-0.4, -0.2) is 42.3 Å². The Labute approximate surface area is 163 Å². The zero-order chi connectivity index (χ0) is 18.7. The van der Waals surface area contributed by atoms with Gasteiger partial charge in [0.2, 0.25) is 0 Å². The maximum absolute atomic E-state index is 15.1. The summed E-state index contributed by atoms with van der Waals surface area (Å²) in [5.74, 6) is 0.502. The Morgan fingerprint density at radius 2 is 2.00 bits per heavy atom. The molecule has 0 spiro atoms. The van der Waals surface area contributed by atoms with Gasteiger partial charge in [0, 0.05) is 49.3 Å². The fraction of sp³-hybridized carbons (Fsp3) is 0.476. The number of thiophene rings is 1. The normalized spacial score (nSPS) is 23.8. The van der Waals surface area contributed by atoms with Crippen molar-refractivity contribution in [3.05, 3.63) is 58.3 Å². The van der Waals surface area contributed by atoms with Crippen LogP contribution in [0.5, 0.6) is 0 Å². The molecule has 0 bridgehead atoms. The van der Waals surface area contributed by atoms with Gasteiger partial charge in [-0.05, 0) is 23.4 Å². The van der Waals surface area contributed by atoms with E-state index in [2.05, 4.69) is 29.6 Å². The number of alkyl halides is 1. The topological polar surface area (TPSA) is 41.6 Å². The molecular weight excluding hydrogens is 363 g/mol. The number of carbonyl (C=O) groups is 1. The Morgan fingerprint density at radius 3 is 2.70 bits per heavy atom. The third-order valence-corrected chi connectivity index (χ3v) is 6.38. The smallest absolute Gasteiger partial charge is 0.410 e. The Bertz CT molecular complexity index is 745. The molecule has 6 heteroatoms. The molecule has 1 aromatic carbocycles. The van der Waals surface area contributed by atoms with Crippen LogP contribution >= 0.6 is 11.3 Å². The number of nitrogens with zero attached hydrogens (tertiary/aromatic N) is 1. The summed E-state index contributed by atoms with van der Waals surface area (Å²) in [7, 11) is 0. The third kappa shape index (κ3) is 4.68. The van der Waals surface area contributed by atoms with Crippen molar-refractivity contribution in [2.75, 3.05) is 19.6 Å². The molecule has 1 saturated heterocycles. The molecule has 1 aliphatic heterocycles. The molecule has 2 aromatic rings. The van der Waals surface area contributed by atoms with Crippen LogP contribution in [0.3, 0.4) is 0 Å². The number of benzene rings is 1. The lowest BCUT2D eigenvalue weighted by Crippen LogP contribution is -2.49. The van der Waals surface area contributed by atoms with Crippen LogP contribution in [0.2, 0.25) is 0 Å². The first kappa shape index (κ1) is 18.4. The Morgan fingerprint density at radius 1 is 1.22 bits per heavy atom. The summed E-state index contributed by atoms with van der Waals surface area (Å²) in [6.45, 7) is 1.47. The number of rotatable bonds is 6. The average Bonchev–Trinajstić information content (AvgIpc) is 3.29. The summed E-state index contributed by atoms with van der Waals surface area (Å²) in [5, 5.41) is 5.35. The molecule has 1 aromatic heterocycles. The van der Waals surface area contributed by atoms with Crippen molar-refractivity contribution >= 4 is 17.4 Å². The van der Waals surface area contributed by atoms with Crippen molar-refractivity contribution in [2.24, 2.45) is 0 Å². The van der Waals surface area contributed by atoms with E-state index < -0.39 is 5.67 Å². The van der Waals surface area contributed by atoms with E-state index >= 15 is 4.39 Å². The predicted molar refractivity (Wildman–Crippen MR) is 105 cm³/mol. The van der Waals surface area contributed by atoms with Crippen LogP contribution in [0.15, 0.2) is 47.8 Å². The lowest BCUT2D eigenvalue weighted by Gasteiger charge is -2.36. The molecule has 2 heterocycles. The minimum absolute atomic E-state index is 0.290. The maximum Gasteiger partial charge on any atom is 0.410 e. The summed E-state index contributed by atoms with van der Waals surface area (Å²) in [6, 6.07) is 14.6. The van der Waals surface area contributed by atoms with Crippen LogP contribution < -0.4 is 5.32 Å². The molecular formula is C21H25FN2O2S. The van der Waals surface area contributed by atoms with Crippen LogP contribution in [-0.2, 0) is 11.3 Å². The third-order valence-electron chi connectivity index (χ3n) is 5.53. The molecule has 2 atom stereocenters. The maximum atomic E-state index is 15.1. The number of piperidine rings is 1. The number of hydrogen-bond acceptors (Lipinski definition) is 4. The van der Waals surface area contributed by atoms with Crippen molar-refractivity contribution in [2.45, 2.75) is 43.5 Å². The van der Waals surface area contributed by atoms with Crippen molar-refractivity contribution in [1.29, 1.82) is 0 Å². The predicted octanol–water partition coefficient (Wildman–Crippen LogP) is 4.33. The molecule has 1 amide bonds. The number of amides is 1. The van der Waals surface area contributed by atoms with E-state index in [4.69, 9.17) is 4.74 Å². The first-order valence-electron chi connectivity index (χ1n) is 9.54. The van der Waals surface area contributed by atoms with Crippen molar-refractivity contribution in [3.8, 4) is 0 Å². The van der Waals surface area contributed by atoms with Gasteiger partial charge in [0.15, 0.2) is 0 Å². The highest BCUT2D eigenvalue weighted by atomic mass is 32.1. The molecule has 2 unspecified atom stereocenters. The number of nitrogens with one attached hydrogen (secondary N) is 1. The quantitative estimate of drug-likeness (QED) is 0.801. The van der Waals surface area contributed by atoms with E-state index in [1.54, 1.807) is 16.2 Å². The Kier molecular flexibility index (Phi) is 5.45. The molecule has 1 N–H and O–H groups in total. The second kappa shape index (κ2) is 7.98. The second-order valence-electron chi connectivity index (χ2n) is 7.51. The molecule has 144 valence electrons. The van der Waals surface area contributed by atoms with Gasteiger partial charge in [-0.25, -0.2) is 9.18 Å². The monoisotopic (exact) mass is 388 g/mol. The number of ether oxygens (including phenoxy) is 1. The lowest BCUT2D eigenvalue weighted by atomic mass is 9.93. The summed E-state index contributed by atoms with van der Waals surface area (Å²) in [4.78, 5) is 14.8. The summed E-state index contributed by atoms with van der Waals surface area (Å²) < 4.78 is 20.4. The first-order valence-corrected chi connectivity index (χ1v) is 10.4. The first-order chi connectivity index (χ1) is 13.1. The zero-order valence-electron chi connectivity index (χ0n) is 15.3. The molecule has 0 radical (unpaired) electrons.